The van der Waals surface area contributed by atoms with E-state index < -0.39 is 5.60 Å². The van der Waals surface area contributed by atoms with Gasteiger partial charge in [-0.15, -0.1) is 0 Å². The second-order valence-electron chi connectivity index (χ2n) is 3.35. The minimum absolute atomic E-state index is 0.425. The number of nitrogens with two attached hydrogens (primary N) is 1. The molecule has 1 atom stereocenters. The number of aliphatic hydroxyl groups is 1. The van der Waals surface area contributed by atoms with Crippen LogP contribution in [0.15, 0.2) is 0 Å². The maximum atomic E-state index is 9.95. The molecule has 1 rings (SSSR count). The molecule has 66 valence electrons. The van der Waals surface area contributed by atoms with Crippen molar-refractivity contribution in [3.8, 4) is 0 Å². The van der Waals surface area contributed by atoms with E-state index in [4.69, 9.17) is 10.5 Å². The fourth-order valence-electron chi connectivity index (χ4n) is 1.51. The highest BCUT2D eigenvalue weighted by Gasteiger charge is 2.42. The van der Waals surface area contributed by atoms with Gasteiger partial charge < -0.3 is 15.6 Å². The van der Waals surface area contributed by atoms with Gasteiger partial charge in [0.05, 0.1) is 12.2 Å². The summed E-state index contributed by atoms with van der Waals surface area (Å²) in [4.78, 5) is 0. The monoisotopic (exact) mass is 159 g/mol. The van der Waals surface area contributed by atoms with Crippen LogP contribution in [0.4, 0.5) is 0 Å². The normalized spacial score (nSPS) is 23.2. The van der Waals surface area contributed by atoms with Crippen LogP contribution in [-0.2, 0) is 4.74 Å². The van der Waals surface area contributed by atoms with Gasteiger partial charge in [0.1, 0.15) is 0 Å². The van der Waals surface area contributed by atoms with E-state index in [9.17, 15) is 5.11 Å². The van der Waals surface area contributed by atoms with Gasteiger partial charge in [0.25, 0.3) is 0 Å². The average molecular weight is 159 g/mol. The molecule has 0 aliphatic heterocycles. The van der Waals surface area contributed by atoms with E-state index in [1.165, 1.54) is 0 Å². The maximum Gasteiger partial charge on any atom is 0.0919 e. The van der Waals surface area contributed by atoms with Crippen LogP contribution in [-0.4, -0.2) is 31.0 Å². The first kappa shape index (κ1) is 8.97. The summed E-state index contributed by atoms with van der Waals surface area (Å²) >= 11 is 0. The fraction of sp³-hybridized carbons (Fsp3) is 1.00. The van der Waals surface area contributed by atoms with Crippen molar-refractivity contribution in [2.75, 3.05) is 20.3 Å². The lowest BCUT2D eigenvalue weighted by Crippen LogP contribution is -2.38. The third kappa shape index (κ3) is 2.15. The van der Waals surface area contributed by atoms with Crippen molar-refractivity contribution in [2.24, 2.45) is 11.7 Å². The first-order valence-electron chi connectivity index (χ1n) is 4.14. The number of ether oxygens (including phenoxy) is 1. The van der Waals surface area contributed by atoms with Gasteiger partial charge in [0, 0.05) is 7.11 Å². The van der Waals surface area contributed by atoms with E-state index in [1.807, 2.05) is 0 Å². The van der Waals surface area contributed by atoms with Gasteiger partial charge in [-0.3, -0.25) is 0 Å². The van der Waals surface area contributed by atoms with Gasteiger partial charge in [-0.1, -0.05) is 0 Å². The molecular weight excluding hydrogens is 142 g/mol. The number of hydrogen-bond donors (Lipinski definition) is 2. The quantitative estimate of drug-likeness (QED) is 0.599. The second-order valence-corrected chi connectivity index (χ2v) is 3.35. The Hall–Kier alpha value is -0.120. The molecule has 3 heteroatoms. The Morgan fingerprint density at radius 3 is 2.64 bits per heavy atom. The summed E-state index contributed by atoms with van der Waals surface area (Å²) in [5.74, 6) is 0.436. The van der Waals surface area contributed by atoms with Crippen molar-refractivity contribution in [1.29, 1.82) is 0 Å². The maximum absolute atomic E-state index is 9.95. The highest BCUT2D eigenvalue weighted by molar-refractivity contribution is 4.94. The van der Waals surface area contributed by atoms with Crippen LogP contribution >= 0.6 is 0 Å². The van der Waals surface area contributed by atoms with Gasteiger partial charge in [-0.05, 0) is 31.7 Å². The zero-order chi connectivity index (χ0) is 8.32. The van der Waals surface area contributed by atoms with Gasteiger partial charge in [0.15, 0.2) is 0 Å². The molecule has 1 fully saturated rings. The first-order chi connectivity index (χ1) is 5.23. The summed E-state index contributed by atoms with van der Waals surface area (Å²) in [6, 6.07) is 0. The van der Waals surface area contributed by atoms with Crippen LogP contribution < -0.4 is 5.73 Å². The van der Waals surface area contributed by atoms with Crippen molar-refractivity contribution < 1.29 is 9.84 Å². The molecule has 0 aromatic carbocycles. The molecule has 0 saturated heterocycles. The molecule has 0 radical (unpaired) electrons. The van der Waals surface area contributed by atoms with Crippen LogP contribution in [0.25, 0.3) is 0 Å². The van der Waals surface area contributed by atoms with Gasteiger partial charge >= 0.3 is 0 Å². The minimum Gasteiger partial charge on any atom is -0.387 e. The van der Waals surface area contributed by atoms with Gasteiger partial charge in [0.2, 0.25) is 0 Å². The summed E-state index contributed by atoms with van der Waals surface area (Å²) < 4.78 is 4.96. The zero-order valence-electron chi connectivity index (χ0n) is 7.05. The number of hydrogen-bond acceptors (Lipinski definition) is 3. The molecule has 0 aromatic rings. The predicted octanol–water partition coefficient (Wildman–Crippen LogP) is 0.123. The van der Waals surface area contributed by atoms with Crippen LogP contribution in [0.2, 0.25) is 0 Å². The summed E-state index contributed by atoms with van der Waals surface area (Å²) in [6.45, 7) is 0.964. The average Bonchev–Trinajstić information content (AvgIpc) is 2.68. The highest BCUT2D eigenvalue weighted by Crippen LogP contribution is 2.41. The Balaban J connectivity index is 2.39. The largest absolute Gasteiger partial charge is 0.387 e. The second kappa shape index (κ2) is 3.52. The highest BCUT2D eigenvalue weighted by atomic mass is 16.5. The van der Waals surface area contributed by atoms with Crippen LogP contribution in [0, 0.1) is 5.92 Å². The Morgan fingerprint density at radius 1 is 1.64 bits per heavy atom. The Bertz CT molecular complexity index is 117. The van der Waals surface area contributed by atoms with Crippen molar-refractivity contribution in [3.63, 3.8) is 0 Å². The smallest absolute Gasteiger partial charge is 0.0919 e. The van der Waals surface area contributed by atoms with Crippen molar-refractivity contribution in [1.82, 2.24) is 0 Å². The Kier molecular flexibility index (Phi) is 2.87. The molecule has 3 N–H and O–H groups in total. The summed E-state index contributed by atoms with van der Waals surface area (Å²) in [6.07, 6.45) is 2.91. The molecule has 0 heterocycles. The summed E-state index contributed by atoms with van der Waals surface area (Å²) in [7, 11) is 1.61. The van der Waals surface area contributed by atoms with Crippen LogP contribution in [0.3, 0.4) is 0 Å². The van der Waals surface area contributed by atoms with Crippen molar-refractivity contribution in [2.45, 2.75) is 24.9 Å². The van der Waals surface area contributed by atoms with Crippen molar-refractivity contribution in [3.05, 3.63) is 0 Å². The fourth-order valence-corrected chi connectivity index (χ4v) is 1.51. The number of methoxy groups -OCH3 is 1. The SMILES string of the molecule is COCC(O)(CCN)C1CC1. The molecule has 1 aliphatic rings. The molecule has 0 amide bonds. The molecule has 3 nitrogen and oxygen atoms in total. The van der Waals surface area contributed by atoms with E-state index in [1.54, 1.807) is 7.11 Å². The molecule has 0 spiro atoms. The first-order valence-corrected chi connectivity index (χ1v) is 4.14. The summed E-state index contributed by atoms with van der Waals surface area (Å²) in [5, 5.41) is 9.95. The molecule has 0 aromatic heterocycles. The van der Waals surface area contributed by atoms with E-state index in [0.717, 1.165) is 12.8 Å². The lowest BCUT2D eigenvalue weighted by Gasteiger charge is -2.26. The van der Waals surface area contributed by atoms with E-state index in [0.29, 0.717) is 25.5 Å². The zero-order valence-corrected chi connectivity index (χ0v) is 7.05. The topological polar surface area (TPSA) is 55.5 Å². The van der Waals surface area contributed by atoms with E-state index >= 15 is 0 Å². The Labute approximate surface area is 67.5 Å². The standard InChI is InChI=1S/C8H17NO2/c1-11-6-8(10,4-5-9)7-2-3-7/h7,10H,2-6,9H2,1H3. The van der Waals surface area contributed by atoms with E-state index in [-0.39, 0.29) is 0 Å². The third-order valence-corrected chi connectivity index (χ3v) is 2.31. The molecule has 1 saturated carbocycles. The predicted molar refractivity (Wildman–Crippen MR) is 43.2 cm³/mol. The number of rotatable bonds is 5. The lowest BCUT2D eigenvalue weighted by molar-refractivity contribution is -0.0519. The third-order valence-electron chi connectivity index (χ3n) is 2.31. The van der Waals surface area contributed by atoms with Crippen molar-refractivity contribution >= 4 is 0 Å². The lowest BCUT2D eigenvalue weighted by atomic mass is 9.95. The van der Waals surface area contributed by atoms with E-state index in [2.05, 4.69) is 0 Å². The van der Waals surface area contributed by atoms with Gasteiger partial charge in [-0.2, -0.15) is 0 Å². The molecule has 1 aliphatic carbocycles. The summed E-state index contributed by atoms with van der Waals surface area (Å²) in [5.41, 5.74) is 4.76. The molecular formula is C8H17NO2. The molecule has 1 unspecified atom stereocenters. The Morgan fingerprint density at radius 2 is 2.27 bits per heavy atom. The molecule has 0 bridgehead atoms. The molecule has 11 heavy (non-hydrogen) atoms. The van der Waals surface area contributed by atoms with Crippen LogP contribution in [0.5, 0.6) is 0 Å². The minimum atomic E-state index is -0.635. The van der Waals surface area contributed by atoms with Gasteiger partial charge in [-0.25, -0.2) is 0 Å². The van der Waals surface area contributed by atoms with Crippen LogP contribution in [0.1, 0.15) is 19.3 Å².